The third-order valence-electron chi connectivity index (χ3n) is 3.57. The molecule has 0 radical (unpaired) electrons. The molecule has 0 bridgehead atoms. The molecule has 2 amide bonds. The first-order valence-corrected chi connectivity index (χ1v) is 6.84. The summed E-state index contributed by atoms with van der Waals surface area (Å²) in [6.07, 6.45) is 1.29. The Kier molecular flexibility index (Phi) is 6.42. The first-order valence-electron chi connectivity index (χ1n) is 6.84. The summed E-state index contributed by atoms with van der Waals surface area (Å²) in [6.45, 7) is 3.88. The van der Waals surface area contributed by atoms with Gasteiger partial charge in [0.2, 0.25) is 11.8 Å². The number of nitrogens with zero attached hydrogens (tertiary/aromatic N) is 3. The molecular formula is C13H23N5O2. The Morgan fingerprint density at radius 2 is 2.10 bits per heavy atom. The van der Waals surface area contributed by atoms with Crippen molar-refractivity contribution in [3.63, 3.8) is 0 Å². The lowest BCUT2D eigenvalue weighted by Gasteiger charge is -2.32. The molecule has 3 N–H and O–H groups in total. The van der Waals surface area contributed by atoms with E-state index in [0.717, 1.165) is 0 Å². The SMILES string of the molecule is CC(C#N)CN(C)CC(=O)N1CCC(C(=O)NN)CC1. The second-order valence-electron chi connectivity index (χ2n) is 5.39. The molecule has 0 saturated carbocycles. The smallest absolute Gasteiger partial charge is 0.237 e. The van der Waals surface area contributed by atoms with Gasteiger partial charge >= 0.3 is 0 Å². The summed E-state index contributed by atoms with van der Waals surface area (Å²) in [4.78, 5) is 27.1. The molecule has 0 aromatic carbocycles. The van der Waals surface area contributed by atoms with Gasteiger partial charge in [0.15, 0.2) is 0 Å². The molecule has 1 saturated heterocycles. The van der Waals surface area contributed by atoms with Crippen molar-refractivity contribution < 1.29 is 9.59 Å². The van der Waals surface area contributed by atoms with Crippen LogP contribution in [0.4, 0.5) is 0 Å². The molecule has 0 spiro atoms. The minimum atomic E-state index is -0.155. The van der Waals surface area contributed by atoms with Crippen LogP contribution in [0.3, 0.4) is 0 Å². The van der Waals surface area contributed by atoms with Crippen molar-refractivity contribution in [3.8, 4) is 6.07 Å². The number of nitrogens with one attached hydrogen (secondary N) is 1. The van der Waals surface area contributed by atoms with E-state index in [4.69, 9.17) is 11.1 Å². The standard InChI is InChI=1S/C13H23N5O2/c1-10(7-14)8-17(2)9-12(19)18-5-3-11(4-6-18)13(20)16-15/h10-11H,3-6,8-9,15H2,1-2H3,(H,16,20). The van der Waals surface area contributed by atoms with Gasteiger partial charge in [-0.3, -0.25) is 19.9 Å². The highest BCUT2D eigenvalue weighted by atomic mass is 16.2. The number of hydrogen-bond acceptors (Lipinski definition) is 5. The minimum Gasteiger partial charge on any atom is -0.342 e. The molecule has 7 heteroatoms. The normalized spacial score (nSPS) is 17.6. The lowest BCUT2D eigenvalue weighted by molar-refractivity contribution is -0.136. The molecule has 1 fully saturated rings. The van der Waals surface area contributed by atoms with E-state index in [1.807, 2.05) is 18.9 Å². The molecule has 7 nitrogen and oxygen atoms in total. The Balaban J connectivity index is 2.36. The Bertz CT molecular complexity index is 385. The van der Waals surface area contributed by atoms with Crippen LogP contribution in [0.25, 0.3) is 0 Å². The molecule has 1 heterocycles. The molecule has 20 heavy (non-hydrogen) atoms. The molecule has 1 aliphatic heterocycles. The fourth-order valence-corrected chi connectivity index (χ4v) is 2.41. The molecule has 1 aliphatic rings. The Morgan fingerprint density at radius 1 is 1.50 bits per heavy atom. The highest BCUT2D eigenvalue weighted by molar-refractivity contribution is 5.80. The average Bonchev–Trinajstić information content (AvgIpc) is 2.46. The molecule has 1 unspecified atom stereocenters. The van der Waals surface area contributed by atoms with E-state index >= 15 is 0 Å². The van der Waals surface area contributed by atoms with Gasteiger partial charge in [0, 0.05) is 25.6 Å². The zero-order valence-electron chi connectivity index (χ0n) is 12.1. The number of carbonyl (C=O) groups excluding carboxylic acids is 2. The second kappa shape index (κ2) is 7.82. The number of carbonyl (C=O) groups is 2. The van der Waals surface area contributed by atoms with Crippen LogP contribution in [-0.2, 0) is 9.59 Å². The highest BCUT2D eigenvalue weighted by Gasteiger charge is 2.27. The molecule has 1 atom stereocenters. The maximum absolute atomic E-state index is 12.1. The van der Waals surface area contributed by atoms with Gasteiger partial charge in [-0.1, -0.05) is 0 Å². The zero-order valence-corrected chi connectivity index (χ0v) is 12.1. The summed E-state index contributed by atoms with van der Waals surface area (Å²) in [5.74, 6) is 4.81. The van der Waals surface area contributed by atoms with Crippen LogP contribution in [-0.4, -0.2) is 54.8 Å². The number of hydrogen-bond donors (Lipinski definition) is 2. The summed E-state index contributed by atoms with van der Waals surface area (Å²) >= 11 is 0. The summed E-state index contributed by atoms with van der Waals surface area (Å²) in [7, 11) is 1.83. The summed E-state index contributed by atoms with van der Waals surface area (Å²) in [5, 5.41) is 8.75. The van der Waals surface area contributed by atoms with Gasteiger partial charge in [0.1, 0.15) is 0 Å². The molecular weight excluding hydrogens is 258 g/mol. The van der Waals surface area contributed by atoms with E-state index in [1.165, 1.54) is 0 Å². The number of nitrogens with two attached hydrogens (primary N) is 1. The maximum atomic E-state index is 12.1. The Labute approximate surface area is 119 Å². The van der Waals surface area contributed by atoms with Crippen LogP contribution >= 0.6 is 0 Å². The van der Waals surface area contributed by atoms with E-state index in [2.05, 4.69) is 11.5 Å². The lowest BCUT2D eigenvalue weighted by Crippen LogP contribution is -2.47. The van der Waals surface area contributed by atoms with Crippen molar-refractivity contribution in [2.75, 3.05) is 33.2 Å². The van der Waals surface area contributed by atoms with Gasteiger partial charge in [-0.05, 0) is 26.8 Å². The molecule has 0 aromatic heterocycles. The number of likely N-dealkylation sites (tertiary alicyclic amines) is 1. The maximum Gasteiger partial charge on any atom is 0.237 e. The minimum absolute atomic E-state index is 0.0456. The number of nitriles is 1. The summed E-state index contributed by atoms with van der Waals surface area (Å²) < 4.78 is 0. The number of piperidine rings is 1. The summed E-state index contributed by atoms with van der Waals surface area (Å²) in [5.41, 5.74) is 2.16. The number of amides is 2. The van der Waals surface area contributed by atoms with Crippen molar-refractivity contribution >= 4 is 11.8 Å². The second-order valence-corrected chi connectivity index (χ2v) is 5.39. The Hall–Kier alpha value is -1.65. The van der Waals surface area contributed by atoms with Crippen LogP contribution in [0.2, 0.25) is 0 Å². The fraction of sp³-hybridized carbons (Fsp3) is 0.769. The van der Waals surface area contributed by atoms with E-state index in [9.17, 15) is 9.59 Å². The van der Waals surface area contributed by atoms with Crippen molar-refractivity contribution in [1.82, 2.24) is 15.2 Å². The van der Waals surface area contributed by atoms with Gasteiger partial charge in [0.05, 0.1) is 18.5 Å². The third kappa shape index (κ3) is 4.79. The van der Waals surface area contributed by atoms with Gasteiger partial charge < -0.3 is 4.90 Å². The number of hydrazine groups is 1. The molecule has 1 rings (SSSR count). The van der Waals surface area contributed by atoms with Gasteiger partial charge in [0.25, 0.3) is 0 Å². The predicted molar refractivity (Wildman–Crippen MR) is 73.9 cm³/mol. The van der Waals surface area contributed by atoms with Gasteiger partial charge in [-0.2, -0.15) is 5.26 Å². The van der Waals surface area contributed by atoms with E-state index in [-0.39, 0.29) is 23.7 Å². The third-order valence-corrected chi connectivity index (χ3v) is 3.57. The van der Waals surface area contributed by atoms with Crippen LogP contribution in [0.5, 0.6) is 0 Å². The first-order chi connectivity index (χ1) is 9.47. The van der Waals surface area contributed by atoms with Crippen molar-refractivity contribution in [1.29, 1.82) is 5.26 Å². The molecule has 0 aromatic rings. The van der Waals surface area contributed by atoms with Crippen molar-refractivity contribution in [3.05, 3.63) is 0 Å². The van der Waals surface area contributed by atoms with Crippen LogP contribution < -0.4 is 11.3 Å². The molecule has 112 valence electrons. The van der Waals surface area contributed by atoms with E-state index in [1.54, 1.807) is 4.90 Å². The Morgan fingerprint density at radius 3 is 2.60 bits per heavy atom. The van der Waals surface area contributed by atoms with Crippen LogP contribution in [0.1, 0.15) is 19.8 Å². The largest absolute Gasteiger partial charge is 0.342 e. The predicted octanol–water partition coefficient (Wildman–Crippen LogP) is -0.694. The van der Waals surface area contributed by atoms with E-state index < -0.39 is 0 Å². The van der Waals surface area contributed by atoms with Gasteiger partial charge in [-0.25, -0.2) is 5.84 Å². The molecule has 0 aliphatic carbocycles. The van der Waals surface area contributed by atoms with Crippen molar-refractivity contribution in [2.24, 2.45) is 17.7 Å². The highest BCUT2D eigenvalue weighted by Crippen LogP contribution is 2.17. The van der Waals surface area contributed by atoms with E-state index in [0.29, 0.717) is 39.0 Å². The average molecular weight is 281 g/mol. The van der Waals surface area contributed by atoms with Crippen LogP contribution in [0.15, 0.2) is 0 Å². The monoisotopic (exact) mass is 281 g/mol. The topological polar surface area (TPSA) is 102 Å². The lowest BCUT2D eigenvalue weighted by atomic mass is 9.96. The van der Waals surface area contributed by atoms with Crippen molar-refractivity contribution in [2.45, 2.75) is 19.8 Å². The zero-order chi connectivity index (χ0) is 15.1. The quantitative estimate of drug-likeness (QED) is 0.394. The number of rotatable bonds is 5. The first kappa shape index (κ1) is 16.4. The van der Waals surface area contributed by atoms with Gasteiger partial charge in [-0.15, -0.1) is 0 Å². The fourth-order valence-electron chi connectivity index (χ4n) is 2.41. The van der Waals surface area contributed by atoms with Crippen LogP contribution in [0, 0.1) is 23.2 Å². The summed E-state index contributed by atoms with van der Waals surface area (Å²) in [6, 6.07) is 2.15. The number of likely N-dealkylation sites (N-methyl/N-ethyl adjacent to an activating group) is 1.